The van der Waals surface area contributed by atoms with Crippen molar-refractivity contribution in [1.82, 2.24) is 4.90 Å². The van der Waals surface area contributed by atoms with E-state index in [0.29, 0.717) is 4.90 Å². The van der Waals surface area contributed by atoms with Crippen molar-refractivity contribution in [3.8, 4) is 0 Å². The molecule has 2 radical (unpaired) electrons. The molecule has 1 unspecified atom stereocenters. The monoisotopic (exact) mass is 127 g/mol. The third-order valence-corrected chi connectivity index (χ3v) is 2.18. The predicted octanol–water partition coefficient (Wildman–Crippen LogP) is 0.843. The number of nitrogens with zero attached hydrogens (tertiary/aromatic N) is 1. The summed E-state index contributed by atoms with van der Waals surface area (Å²) in [6, 6.07) is 0. The standard InChI is InChI=1S/C6H14N.Al/c1-4-5-6-7(2)3;/h6H,4-5H2,1-3H3;. The molecule has 46 valence electrons. The molecule has 0 aromatic rings. The Morgan fingerprint density at radius 2 is 2.00 bits per heavy atom. The maximum Gasteiger partial charge on any atom is 0.149 e. The van der Waals surface area contributed by atoms with Crippen LogP contribution in [0.1, 0.15) is 19.8 Å². The summed E-state index contributed by atoms with van der Waals surface area (Å²) in [6.45, 7) is 2.21. The van der Waals surface area contributed by atoms with E-state index in [4.69, 9.17) is 0 Å². The van der Waals surface area contributed by atoms with Crippen molar-refractivity contribution in [3.05, 3.63) is 0 Å². The highest BCUT2D eigenvalue weighted by Gasteiger charge is 1.98. The lowest BCUT2D eigenvalue weighted by molar-refractivity contribution is 0.358. The molecule has 0 aliphatic heterocycles. The van der Waals surface area contributed by atoms with E-state index in [2.05, 4.69) is 42.2 Å². The minimum atomic E-state index is 0.667. The van der Waals surface area contributed by atoms with E-state index in [1.54, 1.807) is 0 Å². The predicted molar refractivity (Wildman–Crippen MR) is 38.1 cm³/mol. The van der Waals surface area contributed by atoms with Crippen LogP contribution in [0.4, 0.5) is 0 Å². The lowest BCUT2D eigenvalue weighted by Gasteiger charge is -2.19. The lowest BCUT2D eigenvalue weighted by atomic mass is 10.3. The summed E-state index contributed by atoms with van der Waals surface area (Å²) in [7, 11) is 4.21. The van der Waals surface area contributed by atoms with Crippen molar-refractivity contribution in [1.29, 1.82) is 0 Å². The second-order valence-corrected chi connectivity index (χ2v) is 3.09. The minimum Gasteiger partial charge on any atom is -0.322 e. The molecule has 0 spiro atoms. The van der Waals surface area contributed by atoms with Crippen LogP contribution < -0.4 is 0 Å². The number of rotatable bonds is 3. The molecule has 0 aliphatic carbocycles. The fourth-order valence-corrected chi connectivity index (χ4v) is 0.887. The molecule has 8 heavy (non-hydrogen) atoms. The lowest BCUT2D eigenvalue weighted by Crippen LogP contribution is -2.27. The third kappa shape index (κ3) is 3.49. The fraction of sp³-hybridized carbons (Fsp3) is 1.00. The fourth-order valence-electron chi connectivity index (χ4n) is 0.554. The van der Waals surface area contributed by atoms with Gasteiger partial charge < -0.3 is 4.90 Å². The Bertz CT molecular complexity index is 54.5. The molecule has 0 bridgehead atoms. The van der Waals surface area contributed by atoms with Gasteiger partial charge in [0.2, 0.25) is 0 Å². The van der Waals surface area contributed by atoms with Gasteiger partial charge >= 0.3 is 0 Å². The van der Waals surface area contributed by atoms with Crippen LogP contribution in [-0.2, 0) is 0 Å². The summed E-state index contributed by atoms with van der Waals surface area (Å²) >= 11 is 2.82. The molecule has 0 aromatic carbocycles. The zero-order valence-electron chi connectivity index (χ0n) is 6.02. The Labute approximate surface area is 60.5 Å². The van der Waals surface area contributed by atoms with Gasteiger partial charge in [0.25, 0.3) is 0 Å². The van der Waals surface area contributed by atoms with Gasteiger partial charge in [-0.15, -0.1) is 0 Å². The van der Waals surface area contributed by atoms with Crippen molar-refractivity contribution >= 4 is 16.3 Å². The summed E-state index contributed by atoms with van der Waals surface area (Å²) in [5.74, 6) is 0. The summed E-state index contributed by atoms with van der Waals surface area (Å²) in [6.07, 6.45) is 2.55. The van der Waals surface area contributed by atoms with Crippen LogP contribution in [0.15, 0.2) is 0 Å². The molecule has 0 rings (SSSR count). The van der Waals surface area contributed by atoms with Crippen molar-refractivity contribution in [2.24, 2.45) is 0 Å². The SMILES string of the molecule is CCC[CH]([Al])N(C)C. The molecule has 2 heteroatoms. The molecule has 0 fully saturated rings. The summed E-state index contributed by atoms with van der Waals surface area (Å²) < 4.78 is 0. The average molecular weight is 127 g/mol. The first-order chi connectivity index (χ1) is 3.68. The van der Waals surface area contributed by atoms with E-state index >= 15 is 0 Å². The molecule has 0 heterocycles. The van der Waals surface area contributed by atoms with Crippen molar-refractivity contribution < 1.29 is 0 Å². The Balaban J connectivity index is 3.17. The second-order valence-electron chi connectivity index (χ2n) is 2.32. The smallest absolute Gasteiger partial charge is 0.149 e. The van der Waals surface area contributed by atoms with Gasteiger partial charge in [0.05, 0.1) is 0 Å². The van der Waals surface area contributed by atoms with E-state index in [1.807, 2.05) is 0 Å². The number of hydrogen-bond donors (Lipinski definition) is 0. The Morgan fingerprint density at radius 1 is 1.50 bits per heavy atom. The highest BCUT2D eigenvalue weighted by molar-refractivity contribution is 6.11. The van der Waals surface area contributed by atoms with Crippen LogP contribution >= 0.6 is 0 Å². The number of hydrogen-bond acceptors (Lipinski definition) is 1. The van der Waals surface area contributed by atoms with Crippen LogP contribution in [0.3, 0.4) is 0 Å². The summed E-state index contributed by atoms with van der Waals surface area (Å²) in [5.41, 5.74) is 0. The zero-order valence-corrected chi connectivity index (χ0v) is 7.17. The van der Waals surface area contributed by atoms with E-state index < -0.39 is 0 Å². The second kappa shape index (κ2) is 4.38. The van der Waals surface area contributed by atoms with Crippen LogP contribution in [0, 0.1) is 0 Å². The van der Waals surface area contributed by atoms with Gasteiger partial charge in [-0.1, -0.05) is 24.7 Å². The first-order valence-electron chi connectivity index (χ1n) is 3.10. The van der Waals surface area contributed by atoms with Gasteiger partial charge in [-0.05, 0) is 14.1 Å². The maximum absolute atomic E-state index is 2.82. The Hall–Kier alpha value is 0.492. The largest absolute Gasteiger partial charge is 0.322 e. The van der Waals surface area contributed by atoms with Crippen LogP contribution in [0.5, 0.6) is 0 Å². The minimum absolute atomic E-state index is 0.667. The zero-order chi connectivity index (χ0) is 6.57. The van der Waals surface area contributed by atoms with E-state index in [9.17, 15) is 0 Å². The molecule has 0 aliphatic rings. The molecule has 0 amide bonds. The van der Waals surface area contributed by atoms with Crippen LogP contribution in [0.25, 0.3) is 0 Å². The molecule has 1 nitrogen and oxygen atoms in total. The van der Waals surface area contributed by atoms with Gasteiger partial charge in [-0.25, -0.2) is 0 Å². The summed E-state index contributed by atoms with van der Waals surface area (Å²) in [5, 5.41) is 0. The van der Waals surface area contributed by atoms with E-state index in [0.717, 1.165) is 0 Å². The van der Waals surface area contributed by atoms with Gasteiger partial charge in [0.1, 0.15) is 16.3 Å². The van der Waals surface area contributed by atoms with Crippen molar-refractivity contribution in [2.45, 2.75) is 24.7 Å². The molecule has 1 atom stereocenters. The Morgan fingerprint density at radius 3 is 2.12 bits per heavy atom. The highest BCUT2D eigenvalue weighted by atomic mass is 27.0. The molecular formula is C6H14AlN. The van der Waals surface area contributed by atoms with Crippen molar-refractivity contribution in [2.75, 3.05) is 14.1 Å². The molecule has 0 saturated carbocycles. The Kier molecular flexibility index (Phi) is 4.65. The molecule has 0 aromatic heterocycles. The maximum atomic E-state index is 2.82. The van der Waals surface area contributed by atoms with E-state index in [-0.39, 0.29) is 0 Å². The van der Waals surface area contributed by atoms with Crippen molar-refractivity contribution in [3.63, 3.8) is 0 Å². The summed E-state index contributed by atoms with van der Waals surface area (Å²) in [4.78, 5) is 2.88. The molecular weight excluding hydrogens is 113 g/mol. The average Bonchev–Trinajstić information content (AvgIpc) is 1.67. The quantitative estimate of drug-likeness (QED) is 0.508. The first-order valence-corrected chi connectivity index (χ1v) is 3.77. The van der Waals surface area contributed by atoms with Gasteiger partial charge in [0, 0.05) is 0 Å². The normalized spacial score (nSPS) is 14.5. The van der Waals surface area contributed by atoms with E-state index in [1.165, 1.54) is 12.8 Å². The van der Waals surface area contributed by atoms with Gasteiger partial charge in [-0.3, -0.25) is 0 Å². The molecule has 0 saturated heterocycles. The first kappa shape index (κ1) is 8.49. The van der Waals surface area contributed by atoms with Gasteiger partial charge in [-0.2, -0.15) is 0 Å². The van der Waals surface area contributed by atoms with Crippen LogP contribution in [0.2, 0.25) is 0 Å². The third-order valence-electron chi connectivity index (χ3n) is 1.25. The van der Waals surface area contributed by atoms with Crippen LogP contribution in [-0.4, -0.2) is 40.2 Å². The highest BCUT2D eigenvalue weighted by Crippen LogP contribution is 1.96. The van der Waals surface area contributed by atoms with Gasteiger partial charge in [0.15, 0.2) is 0 Å². The molecule has 0 N–H and O–H groups in total. The topological polar surface area (TPSA) is 3.24 Å².